The van der Waals surface area contributed by atoms with Crippen molar-refractivity contribution in [1.29, 1.82) is 5.26 Å². The van der Waals surface area contributed by atoms with Crippen LogP contribution in [-0.2, 0) is 24.3 Å². The molecule has 144 valence electrons. The molecule has 5 rings (SSSR count). The fourth-order valence-corrected chi connectivity index (χ4v) is 4.27. The first-order valence-corrected chi connectivity index (χ1v) is 10.1. The Kier molecular flexibility index (Phi) is 4.36. The average molecular weight is 377 g/mol. The quantitative estimate of drug-likeness (QED) is 0.812. The number of anilines is 1. The molecule has 0 N–H and O–H groups in total. The lowest BCUT2D eigenvalue weighted by Crippen LogP contribution is -2.38. The summed E-state index contributed by atoms with van der Waals surface area (Å²) in [6, 6.07) is 7.85. The number of fused-ring (bicyclic) bond motifs is 1. The van der Waals surface area contributed by atoms with Crippen molar-refractivity contribution in [3.05, 3.63) is 51.1 Å². The van der Waals surface area contributed by atoms with E-state index in [1.165, 1.54) is 0 Å². The fourth-order valence-electron chi connectivity index (χ4n) is 4.27. The van der Waals surface area contributed by atoms with Gasteiger partial charge in [0.1, 0.15) is 11.9 Å². The molecular weight excluding hydrogens is 354 g/mol. The van der Waals surface area contributed by atoms with Gasteiger partial charge >= 0.3 is 0 Å². The third-order valence-corrected chi connectivity index (χ3v) is 5.95. The zero-order valence-corrected chi connectivity index (χ0v) is 15.8. The molecule has 4 heterocycles. The molecule has 0 amide bonds. The van der Waals surface area contributed by atoms with E-state index in [0.717, 1.165) is 61.4 Å². The molecule has 1 unspecified atom stereocenters. The van der Waals surface area contributed by atoms with Crippen LogP contribution in [0.4, 0.5) is 5.82 Å². The summed E-state index contributed by atoms with van der Waals surface area (Å²) in [5.74, 6) is 1.26. The third kappa shape index (κ3) is 3.18. The lowest BCUT2D eigenvalue weighted by molar-refractivity contribution is 0.109. The van der Waals surface area contributed by atoms with Crippen LogP contribution in [0, 0.1) is 11.3 Å². The molecule has 1 saturated carbocycles. The smallest absolute Gasteiger partial charge is 0.266 e. The monoisotopic (exact) mass is 377 g/mol. The van der Waals surface area contributed by atoms with E-state index in [0.29, 0.717) is 31.2 Å². The Labute approximate surface area is 163 Å². The Hall–Kier alpha value is -2.72. The third-order valence-electron chi connectivity index (χ3n) is 5.95. The van der Waals surface area contributed by atoms with Gasteiger partial charge in [0.05, 0.1) is 42.8 Å². The van der Waals surface area contributed by atoms with E-state index in [1.807, 2.05) is 12.1 Å². The number of rotatable bonds is 4. The largest absolute Gasteiger partial charge is 0.376 e. The number of nitrogens with zero attached hydrogens (tertiary/aromatic N) is 5. The van der Waals surface area contributed by atoms with Gasteiger partial charge in [0, 0.05) is 30.5 Å². The van der Waals surface area contributed by atoms with Crippen molar-refractivity contribution in [1.82, 2.24) is 14.8 Å². The van der Waals surface area contributed by atoms with Crippen LogP contribution in [0.5, 0.6) is 0 Å². The van der Waals surface area contributed by atoms with Gasteiger partial charge in [0.2, 0.25) is 0 Å². The van der Waals surface area contributed by atoms with E-state index in [2.05, 4.69) is 16.1 Å². The molecule has 7 heteroatoms. The van der Waals surface area contributed by atoms with Crippen LogP contribution in [0.25, 0.3) is 0 Å². The van der Waals surface area contributed by atoms with Crippen LogP contribution >= 0.6 is 0 Å². The van der Waals surface area contributed by atoms with Crippen molar-refractivity contribution in [2.24, 2.45) is 0 Å². The Balaban J connectivity index is 1.46. The summed E-state index contributed by atoms with van der Waals surface area (Å²) in [5, 5.41) is 14.3. The molecule has 0 radical (unpaired) electrons. The lowest BCUT2D eigenvalue weighted by Gasteiger charge is -2.28. The first-order chi connectivity index (χ1) is 13.7. The standard InChI is InChI=1S/C21H23N5O2/c22-11-15-10-16-13-28-9-7-18(16)23-21(15)25-8-1-2-17(25)12-26-20(27)6-5-19(24-26)14-3-4-14/h5-6,10,14,17H,1-4,7-9,12-13H2. The second-order valence-electron chi connectivity index (χ2n) is 7.92. The summed E-state index contributed by atoms with van der Waals surface area (Å²) >= 11 is 0. The molecule has 1 atom stereocenters. The molecule has 2 aromatic rings. The van der Waals surface area contributed by atoms with E-state index in [-0.39, 0.29) is 11.6 Å². The Bertz CT molecular complexity index is 1000. The van der Waals surface area contributed by atoms with Crippen molar-refractivity contribution in [2.75, 3.05) is 18.1 Å². The molecule has 28 heavy (non-hydrogen) atoms. The molecule has 0 spiro atoms. The highest BCUT2D eigenvalue weighted by atomic mass is 16.5. The van der Waals surface area contributed by atoms with Gasteiger partial charge in [0.25, 0.3) is 5.56 Å². The molecular formula is C21H23N5O2. The Morgan fingerprint density at radius 2 is 2.18 bits per heavy atom. The minimum absolute atomic E-state index is 0.0627. The van der Waals surface area contributed by atoms with Crippen LogP contribution in [-0.4, -0.2) is 34.0 Å². The molecule has 2 aromatic heterocycles. The predicted octanol–water partition coefficient (Wildman–Crippen LogP) is 2.13. The lowest BCUT2D eigenvalue weighted by atomic mass is 10.1. The van der Waals surface area contributed by atoms with Crippen LogP contribution in [0.3, 0.4) is 0 Å². The molecule has 2 aliphatic heterocycles. The molecule has 2 fully saturated rings. The highest BCUT2D eigenvalue weighted by Gasteiger charge is 2.31. The fraction of sp³-hybridized carbons (Fsp3) is 0.524. The Morgan fingerprint density at radius 1 is 1.29 bits per heavy atom. The van der Waals surface area contributed by atoms with Crippen molar-refractivity contribution >= 4 is 5.82 Å². The normalized spacial score (nSPS) is 21.4. The Morgan fingerprint density at radius 3 is 3.00 bits per heavy atom. The molecule has 1 saturated heterocycles. The van der Waals surface area contributed by atoms with Gasteiger partial charge in [-0.1, -0.05) is 0 Å². The van der Waals surface area contributed by atoms with Crippen LogP contribution in [0.2, 0.25) is 0 Å². The first kappa shape index (κ1) is 17.4. The number of hydrogen-bond donors (Lipinski definition) is 0. The average Bonchev–Trinajstić information content (AvgIpc) is 3.47. The summed E-state index contributed by atoms with van der Waals surface area (Å²) < 4.78 is 7.11. The SMILES string of the molecule is N#Cc1cc2c(nc1N1CCCC1Cn1nc(C3CC3)ccc1=O)CCOC2. The molecule has 0 aromatic carbocycles. The number of ether oxygens (including phenoxy) is 1. The van der Waals surface area contributed by atoms with Crippen molar-refractivity contribution < 1.29 is 4.74 Å². The summed E-state index contributed by atoms with van der Waals surface area (Å²) in [6.07, 6.45) is 5.09. The van der Waals surface area contributed by atoms with E-state index >= 15 is 0 Å². The number of aromatic nitrogens is 3. The molecule has 3 aliphatic rings. The van der Waals surface area contributed by atoms with Gasteiger partial charge in [-0.15, -0.1) is 0 Å². The second-order valence-corrected chi connectivity index (χ2v) is 7.92. The van der Waals surface area contributed by atoms with Crippen molar-refractivity contribution in [2.45, 2.75) is 57.2 Å². The van der Waals surface area contributed by atoms with Crippen molar-refractivity contribution in [3.63, 3.8) is 0 Å². The number of pyridine rings is 1. The molecule has 1 aliphatic carbocycles. The van der Waals surface area contributed by atoms with E-state index in [9.17, 15) is 10.1 Å². The maximum Gasteiger partial charge on any atom is 0.266 e. The zero-order chi connectivity index (χ0) is 19.1. The van der Waals surface area contributed by atoms with E-state index in [4.69, 9.17) is 9.72 Å². The maximum absolute atomic E-state index is 12.4. The minimum Gasteiger partial charge on any atom is -0.376 e. The van der Waals surface area contributed by atoms with Gasteiger partial charge in [-0.2, -0.15) is 10.4 Å². The van der Waals surface area contributed by atoms with Gasteiger partial charge < -0.3 is 9.64 Å². The highest BCUT2D eigenvalue weighted by Crippen LogP contribution is 2.38. The number of nitriles is 1. The highest BCUT2D eigenvalue weighted by molar-refractivity contribution is 5.57. The molecule has 0 bridgehead atoms. The van der Waals surface area contributed by atoms with Crippen molar-refractivity contribution in [3.8, 4) is 6.07 Å². The van der Waals surface area contributed by atoms with Crippen LogP contribution in [0.15, 0.2) is 23.0 Å². The van der Waals surface area contributed by atoms with Crippen LogP contribution < -0.4 is 10.5 Å². The number of hydrogen-bond acceptors (Lipinski definition) is 6. The first-order valence-electron chi connectivity index (χ1n) is 10.1. The predicted molar refractivity (Wildman–Crippen MR) is 103 cm³/mol. The maximum atomic E-state index is 12.4. The van der Waals surface area contributed by atoms with Gasteiger partial charge in [-0.05, 0) is 37.8 Å². The summed E-state index contributed by atoms with van der Waals surface area (Å²) in [6.45, 7) is 2.57. The van der Waals surface area contributed by atoms with E-state index < -0.39 is 0 Å². The van der Waals surface area contributed by atoms with Crippen LogP contribution in [0.1, 0.15) is 54.1 Å². The summed E-state index contributed by atoms with van der Waals surface area (Å²) in [7, 11) is 0. The summed E-state index contributed by atoms with van der Waals surface area (Å²) in [5.41, 5.74) is 3.58. The zero-order valence-electron chi connectivity index (χ0n) is 15.8. The van der Waals surface area contributed by atoms with E-state index in [1.54, 1.807) is 10.7 Å². The van der Waals surface area contributed by atoms with Gasteiger partial charge in [-0.25, -0.2) is 9.67 Å². The molecule has 7 nitrogen and oxygen atoms in total. The minimum atomic E-state index is -0.0627. The van der Waals surface area contributed by atoms with Gasteiger partial charge in [0.15, 0.2) is 0 Å². The topological polar surface area (TPSA) is 84.0 Å². The summed E-state index contributed by atoms with van der Waals surface area (Å²) in [4.78, 5) is 19.4. The second kappa shape index (κ2) is 7.02. The van der Waals surface area contributed by atoms with Gasteiger partial charge in [-0.3, -0.25) is 4.79 Å².